The smallest absolute Gasteiger partial charge is 0.468 e. The molecule has 0 bridgehead atoms. The largest absolute Gasteiger partial charge is 0.494 e. The van der Waals surface area contributed by atoms with Gasteiger partial charge < -0.3 is 19.4 Å². The number of carbonyl (C=O) groups excluding carboxylic acids is 1. The van der Waals surface area contributed by atoms with E-state index < -0.39 is 0 Å². The van der Waals surface area contributed by atoms with Crippen LogP contribution < -0.4 is 10.8 Å². The first-order valence-electron chi connectivity index (χ1n) is 8.83. The molecule has 5 nitrogen and oxygen atoms in total. The summed E-state index contributed by atoms with van der Waals surface area (Å²) in [6, 6.07) is 7.78. The van der Waals surface area contributed by atoms with Crippen molar-refractivity contribution < 1.29 is 18.8 Å². The summed E-state index contributed by atoms with van der Waals surface area (Å²) in [5.41, 5.74) is 1.40. The maximum atomic E-state index is 11.8. The Labute approximate surface area is 151 Å². The molecule has 1 fully saturated rings. The summed E-state index contributed by atoms with van der Waals surface area (Å²) in [5, 5.41) is 3.26. The molecule has 1 saturated heterocycles. The number of nitrogens with one attached hydrogen (secondary N) is 1. The molecule has 1 aromatic rings. The Hall–Kier alpha value is -1.37. The van der Waals surface area contributed by atoms with Crippen LogP contribution in [0.3, 0.4) is 0 Å². The SMILES string of the molecule is COC(=O)C(NCc1ccc(B2OC(C)(C)C(C)(C)O2)cc1)C(C)C. The Morgan fingerprint density at radius 2 is 1.64 bits per heavy atom. The molecule has 1 atom stereocenters. The lowest BCUT2D eigenvalue weighted by Crippen LogP contribution is -2.41. The molecule has 0 amide bonds. The Kier molecular flexibility index (Phi) is 5.97. The highest BCUT2D eigenvalue weighted by Crippen LogP contribution is 2.36. The van der Waals surface area contributed by atoms with E-state index in [1.807, 2.05) is 65.8 Å². The van der Waals surface area contributed by atoms with Crippen molar-refractivity contribution in [2.24, 2.45) is 5.92 Å². The van der Waals surface area contributed by atoms with Gasteiger partial charge in [-0.15, -0.1) is 0 Å². The maximum Gasteiger partial charge on any atom is 0.494 e. The molecule has 1 unspecified atom stereocenters. The van der Waals surface area contributed by atoms with Gasteiger partial charge in [0.1, 0.15) is 6.04 Å². The molecular weight excluding hydrogens is 317 g/mol. The predicted octanol–water partition coefficient (Wildman–Crippen LogP) is 2.27. The summed E-state index contributed by atoms with van der Waals surface area (Å²) in [4.78, 5) is 11.8. The second kappa shape index (κ2) is 7.48. The van der Waals surface area contributed by atoms with Gasteiger partial charge in [0.15, 0.2) is 0 Å². The third kappa shape index (κ3) is 4.43. The minimum Gasteiger partial charge on any atom is -0.468 e. The van der Waals surface area contributed by atoms with E-state index in [4.69, 9.17) is 14.0 Å². The number of rotatable bonds is 6. The minimum absolute atomic E-state index is 0.163. The molecule has 1 heterocycles. The topological polar surface area (TPSA) is 56.8 Å². The van der Waals surface area contributed by atoms with E-state index in [9.17, 15) is 4.79 Å². The van der Waals surface area contributed by atoms with Crippen molar-refractivity contribution in [3.63, 3.8) is 0 Å². The molecule has 138 valence electrons. The molecule has 0 saturated carbocycles. The molecule has 1 N–H and O–H groups in total. The fourth-order valence-electron chi connectivity index (χ4n) is 2.72. The van der Waals surface area contributed by atoms with E-state index in [0.29, 0.717) is 6.54 Å². The first-order chi connectivity index (χ1) is 11.6. The van der Waals surface area contributed by atoms with Crippen LogP contribution in [0.2, 0.25) is 0 Å². The quantitative estimate of drug-likeness (QED) is 0.632. The van der Waals surface area contributed by atoms with Gasteiger partial charge in [-0.2, -0.15) is 0 Å². The van der Waals surface area contributed by atoms with Crippen LogP contribution in [0.1, 0.15) is 47.1 Å². The second-order valence-electron chi connectivity index (χ2n) is 7.96. The van der Waals surface area contributed by atoms with E-state index in [2.05, 4.69) is 5.32 Å². The summed E-state index contributed by atoms with van der Waals surface area (Å²) in [6.45, 7) is 12.8. The first-order valence-corrected chi connectivity index (χ1v) is 8.83. The normalized spacial score (nSPS) is 19.9. The van der Waals surface area contributed by atoms with E-state index in [-0.39, 0.29) is 36.2 Å². The Morgan fingerprint density at radius 3 is 2.08 bits per heavy atom. The van der Waals surface area contributed by atoms with Crippen molar-refractivity contribution in [2.45, 2.75) is 65.3 Å². The Balaban J connectivity index is 2.00. The van der Waals surface area contributed by atoms with Gasteiger partial charge in [-0.3, -0.25) is 4.79 Å². The fourth-order valence-corrected chi connectivity index (χ4v) is 2.72. The van der Waals surface area contributed by atoms with Gasteiger partial charge in [0, 0.05) is 6.54 Å². The molecule has 1 aliphatic rings. The first kappa shape index (κ1) is 20.0. The van der Waals surface area contributed by atoms with Gasteiger partial charge in [-0.25, -0.2) is 0 Å². The van der Waals surface area contributed by atoms with Crippen molar-refractivity contribution in [1.82, 2.24) is 5.32 Å². The number of carbonyl (C=O) groups is 1. The average molecular weight is 347 g/mol. The number of hydrogen-bond acceptors (Lipinski definition) is 5. The zero-order valence-electron chi connectivity index (χ0n) is 16.4. The van der Waals surface area contributed by atoms with Crippen LogP contribution in [0.5, 0.6) is 0 Å². The standard InChI is InChI=1S/C19H30BNO4/c1-13(2)16(17(22)23-7)21-12-14-8-10-15(11-9-14)20-24-18(3,4)19(5,6)25-20/h8-11,13,16,21H,12H2,1-7H3. The summed E-state index contributed by atoms with van der Waals surface area (Å²) in [6.07, 6.45) is 0. The number of hydrogen-bond donors (Lipinski definition) is 1. The zero-order chi connectivity index (χ0) is 18.8. The van der Waals surface area contributed by atoms with Crippen LogP contribution >= 0.6 is 0 Å². The molecule has 0 aromatic heterocycles. The summed E-state index contributed by atoms with van der Waals surface area (Å²) < 4.78 is 17.0. The fraction of sp³-hybridized carbons (Fsp3) is 0.632. The van der Waals surface area contributed by atoms with Gasteiger partial charge in [0.2, 0.25) is 0 Å². The highest BCUT2D eigenvalue weighted by Gasteiger charge is 2.51. The maximum absolute atomic E-state index is 11.8. The van der Waals surface area contributed by atoms with Gasteiger partial charge >= 0.3 is 13.1 Å². The predicted molar refractivity (Wildman–Crippen MR) is 99.6 cm³/mol. The Bertz CT molecular complexity index is 582. The Morgan fingerprint density at radius 1 is 1.12 bits per heavy atom. The molecule has 25 heavy (non-hydrogen) atoms. The third-order valence-electron chi connectivity index (χ3n) is 5.15. The van der Waals surface area contributed by atoms with Crippen LogP contribution in [-0.2, 0) is 25.4 Å². The van der Waals surface area contributed by atoms with Crippen molar-refractivity contribution in [3.05, 3.63) is 29.8 Å². The number of benzene rings is 1. The van der Waals surface area contributed by atoms with E-state index in [1.54, 1.807) is 0 Å². The van der Waals surface area contributed by atoms with Crippen LogP contribution in [0.4, 0.5) is 0 Å². The highest BCUT2D eigenvalue weighted by atomic mass is 16.7. The molecule has 1 aliphatic heterocycles. The van der Waals surface area contributed by atoms with Crippen LogP contribution in [0.15, 0.2) is 24.3 Å². The van der Waals surface area contributed by atoms with Gasteiger partial charge in [0.25, 0.3) is 0 Å². The monoisotopic (exact) mass is 347 g/mol. The lowest BCUT2D eigenvalue weighted by Gasteiger charge is -2.32. The summed E-state index contributed by atoms with van der Waals surface area (Å²) in [7, 11) is 1.06. The molecular formula is C19H30BNO4. The lowest BCUT2D eigenvalue weighted by molar-refractivity contribution is -0.144. The van der Waals surface area contributed by atoms with Crippen LogP contribution in [-0.4, -0.2) is 37.4 Å². The van der Waals surface area contributed by atoms with Gasteiger partial charge in [-0.1, -0.05) is 38.1 Å². The van der Waals surface area contributed by atoms with Crippen LogP contribution in [0, 0.1) is 5.92 Å². The van der Waals surface area contributed by atoms with E-state index >= 15 is 0 Å². The lowest BCUT2D eigenvalue weighted by atomic mass is 9.79. The number of ether oxygens (including phenoxy) is 1. The minimum atomic E-state index is -0.356. The third-order valence-corrected chi connectivity index (χ3v) is 5.15. The second-order valence-corrected chi connectivity index (χ2v) is 7.96. The molecule has 6 heteroatoms. The molecule has 0 radical (unpaired) electrons. The van der Waals surface area contributed by atoms with Crippen molar-refractivity contribution >= 4 is 18.6 Å². The van der Waals surface area contributed by atoms with E-state index in [0.717, 1.165) is 11.0 Å². The summed E-state index contributed by atoms with van der Waals surface area (Å²) >= 11 is 0. The molecule has 1 aromatic carbocycles. The van der Waals surface area contributed by atoms with Crippen molar-refractivity contribution in [2.75, 3.05) is 7.11 Å². The number of methoxy groups -OCH3 is 1. The van der Waals surface area contributed by atoms with Crippen LogP contribution in [0.25, 0.3) is 0 Å². The summed E-state index contributed by atoms with van der Waals surface area (Å²) in [5.74, 6) is -0.0692. The van der Waals surface area contributed by atoms with E-state index in [1.165, 1.54) is 7.11 Å². The molecule has 0 aliphatic carbocycles. The zero-order valence-corrected chi connectivity index (χ0v) is 16.4. The highest BCUT2D eigenvalue weighted by molar-refractivity contribution is 6.62. The van der Waals surface area contributed by atoms with Crippen molar-refractivity contribution in [3.8, 4) is 0 Å². The number of esters is 1. The molecule has 0 spiro atoms. The van der Waals surface area contributed by atoms with Gasteiger partial charge in [0.05, 0.1) is 18.3 Å². The molecule has 2 rings (SSSR count). The van der Waals surface area contributed by atoms with Gasteiger partial charge in [-0.05, 0) is 44.6 Å². The average Bonchev–Trinajstić information content (AvgIpc) is 2.75. The van der Waals surface area contributed by atoms with Crippen molar-refractivity contribution in [1.29, 1.82) is 0 Å².